The SMILES string of the molecule is C=CC[C@H](NC(=O)[C@@H](CCCN=C(N)NS(=O)(=O)c1c(C)c(C)c2c(c1C)CCC(C)(C)O2)NC(=O)OCC1c2ccccc2-c2cccc(I)c21)C(=O)OCc1ccccc1. The molecule has 1 aliphatic carbocycles. The Morgan fingerprint density at radius 1 is 0.952 bits per heavy atom. The molecule has 1 unspecified atom stereocenters. The number of nitrogens with two attached hydrogens (primary N) is 1. The van der Waals surface area contributed by atoms with Crippen LogP contribution in [-0.2, 0) is 42.1 Å². The molecule has 0 radical (unpaired) electrons. The fourth-order valence-corrected chi connectivity index (χ4v) is 10.5. The van der Waals surface area contributed by atoms with Crippen molar-refractivity contribution >= 4 is 56.5 Å². The van der Waals surface area contributed by atoms with Crippen LogP contribution in [0.25, 0.3) is 11.1 Å². The molecule has 3 atom stereocenters. The number of ether oxygens (including phenoxy) is 3. The third-order valence-corrected chi connectivity index (χ3v) is 13.9. The molecule has 0 saturated carbocycles. The number of halogens is 1. The number of alkyl carbamates (subject to hydrolysis) is 1. The standard InChI is InChI=1S/C47H54IN5O8S/c1-7-15-39(44(55)59-26-31-16-9-8-10-17-31)51-43(54)38(52-46(56)60-27-36-34-19-12-11-18-33(34)35-20-13-21-37(48)40(35)36)22-14-25-50-45(49)53-62(57,58)42-29(3)28(2)41-32(30(42)4)23-24-47(5,6)61-41/h7-13,16-21,36,38-39H,1,14-15,22-27H2,2-6H3,(H,51,54)(H,52,56)(H3,49,50,53)/t36?,38-,39+/m1/s1. The molecule has 4 aromatic rings. The Bertz CT molecular complexity index is 2490. The fourth-order valence-electron chi connectivity index (χ4n) is 8.06. The lowest BCUT2D eigenvalue weighted by atomic mass is 9.88. The van der Waals surface area contributed by atoms with Crippen LogP contribution in [0.4, 0.5) is 4.79 Å². The number of carbonyl (C=O) groups is 3. The molecule has 6 rings (SSSR count). The number of guanidine groups is 1. The zero-order chi connectivity index (χ0) is 44.8. The first kappa shape index (κ1) is 46.1. The number of nitrogens with one attached hydrogen (secondary N) is 3. The van der Waals surface area contributed by atoms with Crippen molar-refractivity contribution < 1.29 is 37.0 Å². The second-order valence-corrected chi connectivity index (χ2v) is 19.0. The number of fused-ring (bicyclic) bond motifs is 4. The van der Waals surface area contributed by atoms with E-state index in [0.29, 0.717) is 17.5 Å². The summed E-state index contributed by atoms with van der Waals surface area (Å²) in [6, 6.07) is 20.9. The molecule has 2 aliphatic rings. The minimum atomic E-state index is -4.14. The van der Waals surface area contributed by atoms with E-state index in [1.165, 1.54) is 6.08 Å². The van der Waals surface area contributed by atoms with Crippen LogP contribution in [0.3, 0.4) is 0 Å². The minimum Gasteiger partial charge on any atom is -0.487 e. The van der Waals surface area contributed by atoms with Crippen LogP contribution in [0.15, 0.2) is 95.3 Å². The van der Waals surface area contributed by atoms with Crippen molar-refractivity contribution in [3.8, 4) is 16.9 Å². The zero-order valence-electron chi connectivity index (χ0n) is 35.7. The number of hydrogen-bond donors (Lipinski definition) is 4. The number of hydrogen-bond acceptors (Lipinski definition) is 9. The number of benzene rings is 4. The number of aliphatic imine (C=N–C) groups is 1. The van der Waals surface area contributed by atoms with Gasteiger partial charge >= 0.3 is 12.1 Å². The molecule has 4 aromatic carbocycles. The molecule has 0 saturated heterocycles. The maximum atomic E-state index is 13.9. The number of nitrogens with zero attached hydrogens (tertiary/aromatic N) is 1. The van der Waals surface area contributed by atoms with Crippen LogP contribution >= 0.6 is 22.6 Å². The average Bonchev–Trinajstić information content (AvgIpc) is 3.56. The van der Waals surface area contributed by atoms with Gasteiger partial charge < -0.3 is 30.6 Å². The Morgan fingerprint density at radius 2 is 1.66 bits per heavy atom. The summed E-state index contributed by atoms with van der Waals surface area (Å²) in [5, 5.41) is 5.40. The largest absolute Gasteiger partial charge is 0.487 e. The van der Waals surface area contributed by atoms with Crippen LogP contribution in [0.1, 0.15) is 84.4 Å². The summed E-state index contributed by atoms with van der Waals surface area (Å²) >= 11 is 2.29. The molecule has 1 heterocycles. The molecule has 5 N–H and O–H groups in total. The quantitative estimate of drug-likeness (QED) is 0.0222. The van der Waals surface area contributed by atoms with E-state index >= 15 is 0 Å². The van der Waals surface area contributed by atoms with E-state index in [-0.39, 0.29) is 61.4 Å². The van der Waals surface area contributed by atoms with Gasteiger partial charge in [0, 0.05) is 16.0 Å². The Hall–Kier alpha value is -5.42. The Balaban J connectivity index is 1.14. The summed E-state index contributed by atoms with van der Waals surface area (Å²) in [6.45, 7) is 13.1. The van der Waals surface area contributed by atoms with Crippen LogP contribution in [0.2, 0.25) is 0 Å². The van der Waals surface area contributed by atoms with Gasteiger partial charge in [-0.05, 0) is 145 Å². The van der Waals surface area contributed by atoms with E-state index in [9.17, 15) is 22.8 Å². The summed E-state index contributed by atoms with van der Waals surface area (Å²) in [7, 11) is -4.14. The fraction of sp³-hybridized carbons (Fsp3) is 0.362. The van der Waals surface area contributed by atoms with Crippen molar-refractivity contribution in [3.05, 3.63) is 128 Å². The monoisotopic (exact) mass is 975 g/mol. The third kappa shape index (κ3) is 10.6. The van der Waals surface area contributed by atoms with Gasteiger partial charge in [-0.2, -0.15) is 0 Å². The first-order chi connectivity index (χ1) is 29.5. The van der Waals surface area contributed by atoms with Gasteiger partial charge in [0.05, 0.1) is 4.90 Å². The highest BCUT2D eigenvalue weighted by atomic mass is 127. The topological polar surface area (TPSA) is 188 Å². The van der Waals surface area contributed by atoms with E-state index in [0.717, 1.165) is 54.7 Å². The van der Waals surface area contributed by atoms with Crippen molar-refractivity contribution in [1.29, 1.82) is 0 Å². The van der Waals surface area contributed by atoms with E-state index in [4.69, 9.17) is 19.9 Å². The van der Waals surface area contributed by atoms with Gasteiger partial charge in [0.1, 0.15) is 36.6 Å². The van der Waals surface area contributed by atoms with Crippen LogP contribution in [0, 0.1) is 24.3 Å². The summed E-state index contributed by atoms with van der Waals surface area (Å²) in [6.07, 6.45) is 2.37. The van der Waals surface area contributed by atoms with Gasteiger partial charge in [0.15, 0.2) is 0 Å². The second kappa shape index (κ2) is 19.7. The predicted molar refractivity (Wildman–Crippen MR) is 247 cm³/mol. The molecule has 0 spiro atoms. The second-order valence-electron chi connectivity index (χ2n) is 16.2. The van der Waals surface area contributed by atoms with Crippen LogP contribution in [-0.4, -0.2) is 63.2 Å². The normalized spacial score (nSPS) is 16.0. The highest BCUT2D eigenvalue weighted by molar-refractivity contribution is 14.1. The molecule has 328 valence electrons. The van der Waals surface area contributed by atoms with Gasteiger partial charge in [0.2, 0.25) is 11.9 Å². The molecular weight excluding hydrogens is 922 g/mol. The minimum absolute atomic E-state index is 0.00223. The van der Waals surface area contributed by atoms with Gasteiger partial charge in [-0.3, -0.25) is 9.79 Å². The summed E-state index contributed by atoms with van der Waals surface area (Å²) in [5.74, 6) is -1.16. The molecule has 2 amide bonds. The van der Waals surface area contributed by atoms with Gasteiger partial charge in [-0.15, -0.1) is 6.58 Å². The van der Waals surface area contributed by atoms with E-state index in [1.807, 2.05) is 87.5 Å². The third-order valence-electron chi connectivity index (χ3n) is 11.4. The molecule has 15 heteroatoms. The first-order valence-corrected chi connectivity index (χ1v) is 23.1. The van der Waals surface area contributed by atoms with Crippen molar-refractivity contribution in [2.24, 2.45) is 10.7 Å². The van der Waals surface area contributed by atoms with Gasteiger partial charge in [-0.25, -0.2) is 22.7 Å². The maximum Gasteiger partial charge on any atom is 0.407 e. The van der Waals surface area contributed by atoms with Gasteiger partial charge in [-0.1, -0.05) is 72.8 Å². The Kier molecular flexibility index (Phi) is 14.7. The van der Waals surface area contributed by atoms with E-state index < -0.39 is 40.1 Å². The van der Waals surface area contributed by atoms with Crippen LogP contribution in [0.5, 0.6) is 5.75 Å². The van der Waals surface area contributed by atoms with Crippen molar-refractivity contribution in [2.45, 2.75) is 102 Å². The molecule has 0 aromatic heterocycles. The highest BCUT2D eigenvalue weighted by Crippen LogP contribution is 2.47. The van der Waals surface area contributed by atoms with Crippen molar-refractivity contribution in [2.75, 3.05) is 13.2 Å². The zero-order valence-corrected chi connectivity index (χ0v) is 38.7. The lowest BCUT2D eigenvalue weighted by molar-refractivity contribution is -0.149. The number of amides is 2. The van der Waals surface area contributed by atoms with Crippen LogP contribution < -0.4 is 25.8 Å². The molecule has 0 bridgehead atoms. The summed E-state index contributed by atoms with van der Waals surface area (Å²) in [5.41, 5.74) is 13.6. The maximum absolute atomic E-state index is 13.9. The number of sulfonamides is 1. The highest BCUT2D eigenvalue weighted by Gasteiger charge is 2.35. The molecule has 62 heavy (non-hydrogen) atoms. The summed E-state index contributed by atoms with van der Waals surface area (Å²) < 4.78 is 48.6. The average molecular weight is 976 g/mol. The molecule has 0 fully saturated rings. The lowest BCUT2D eigenvalue weighted by Gasteiger charge is -2.35. The Labute approximate surface area is 377 Å². The van der Waals surface area contributed by atoms with E-state index in [1.54, 1.807) is 13.8 Å². The number of esters is 1. The van der Waals surface area contributed by atoms with Gasteiger partial charge in [0.25, 0.3) is 10.0 Å². The smallest absolute Gasteiger partial charge is 0.407 e. The molecule has 13 nitrogen and oxygen atoms in total. The number of rotatable bonds is 16. The number of carbonyl (C=O) groups excluding carboxylic acids is 3. The molecular formula is C47H54IN5O8S. The predicted octanol–water partition coefficient (Wildman–Crippen LogP) is 7.40. The molecule has 1 aliphatic heterocycles. The summed E-state index contributed by atoms with van der Waals surface area (Å²) in [4.78, 5) is 45.0. The first-order valence-electron chi connectivity index (χ1n) is 20.6. The van der Waals surface area contributed by atoms with Crippen molar-refractivity contribution in [1.82, 2.24) is 15.4 Å². The van der Waals surface area contributed by atoms with Crippen molar-refractivity contribution in [3.63, 3.8) is 0 Å². The van der Waals surface area contributed by atoms with E-state index in [2.05, 4.69) is 55.6 Å². The Morgan fingerprint density at radius 3 is 2.40 bits per heavy atom. The lowest BCUT2D eigenvalue weighted by Crippen LogP contribution is -2.52.